The Bertz CT molecular complexity index is 320. The van der Waals surface area contributed by atoms with E-state index in [0.29, 0.717) is 25.7 Å². The van der Waals surface area contributed by atoms with Crippen molar-refractivity contribution >= 4 is 10.0 Å². The molecule has 1 N–H and O–H groups in total. The van der Waals surface area contributed by atoms with Gasteiger partial charge in [0.2, 0.25) is 10.0 Å². The van der Waals surface area contributed by atoms with E-state index in [0.717, 1.165) is 13.0 Å². The third-order valence-electron chi connectivity index (χ3n) is 2.95. The van der Waals surface area contributed by atoms with Gasteiger partial charge in [-0.25, -0.2) is 13.1 Å². The summed E-state index contributed by atoms with van der Waals surface area (Å²) in [5, 5.41) is 0. The van der Waals surface area contributed by atoms with Crippen LogP contribution in [0.3, 0.4) is 0 Å². The smallest absolute Gasteiger partial charge is 0.208 e. The third-order valence-corrected chi connectivity index (χ3v) is 3.67. The minimum Gasteiger partial charge on any atom is -0.383 e. The van der Waals surface area contributed by atoms with E-state index in [9.17, 15) is 8.42 Å². The predicted octanol–water partition coefficient (Wildman–Crippen LogP) is -0.729. The predicted molar refractivity (Wildman–Crippen MR) is 65.5 cm³/mol. The molecule has 1 saturated heterocycles. The van der Waals surface area contributed by atoms with E-state index in [1.54, 1.807) is 14.2 Å². The van der Waals surface area contributed by atoms with Gasteiger partial charge in [-0.3, -0.25) is 4.90 Å². The summed E-state index contributed by atoms with van der Waals surface area (Å²) in [7, 11) is 0.271. The number of hydrogen-bond donors (Lipinski definition) is 1. The standard InChI is InChI=1S/C10H22N2O4S/c1-15-8-9-6-10(16-2)7-12(9)5-4-11-17(3,13)14/h9-11H,4-8H2,1-3H3/t9-,10-/m0/s1. The van der Waals surface area contributed by atoms with Crippen LogP contribution in [0.4, 0.5) is 0 Å². The van der Waals surface area contributed by atoms with E-state index >= 15 is 0 Å². The second-order valence-electron chi connectivity index (χ2n) is 4.36. The molecule has 0 amide bonds. The molecule has 0 radical (unpaired) electrons. The quantitative estimate of drug-likeness (QED) is 0.658. The first-order chi connectivity index (χ1) is 7.96. The van der Waals surface area contributed by atoms with Gasteiger partial charge in [-0.1, -0.05) is 0 Å². The Kier molecular flexibility index (Phi) is 5.81. The molecule has 1 aliphatic rings. The highest BCUT2D eigenvalue weighted by Crippen LogP contribution is 2.19. The molecule has 0 aromatic heterocycles. The molecule has 7 heteroatoms. The van der Waals surface area contributed by atoms with Gasteiger partial charge in [0.25, 0.3) is 0 Å². The molecule has 0 saturated carbocycles. The second kappa shape index (κ2) is 6.65. The van der Waals surface area contributed by atoms with Crippen molar-refractivity contribution < 1.29 is 17.9 Å². The van der Waals surface area contributed by atoms with Crippen LogP contribution in [0.1, 0.15) is 6.42 Å². The summed E-state index contributed by atoms with van der Waals surface area (Å²) in [5.41, 5.74) is 0. The van der Waals surface area contributed by atoms with Gasteiger partial charge in [-0.2, -0.15) is 0 Å². The zero-order valence-electron chi connectivity index (χ0n) is 10.7. The molecular formula is C10H22N2O4S. The molecule has 6 nitrogen and oxygen atoms in total. The number of likely N-dealkylation sites (tertiary alicyclic amines) is 1. The van der Waals surface area contributed by atoms with Gasteiger partial charge in [-0.15, -0.1) is 0 Å². The monoisotopic (exact) mass is 266 g/mol. The molecule has 1 fully saturated rings. The van der Waals surface area contributed by atoms with Gasteiger partial charge >= 0.3 is 0 Å². The van der Waals surface area contributed by atoms with E-state index in [2.05, 4.69) is 9.62 Å². The van der Waals surface area contributed by atoms with E-state index in [1.165, 1.54) is 6.26 Å². The van der Waals surface area contributed by atoms with Crippen LogP contribution in [0.15, 0.2) is 0 Å². The summed E-state index contributed by atoms with van der Waals surface area (Å²) in [6.45, 7) is 2.59. The van der Waals surface area contributed by atoms with Crippen LogP contribution < -0.4 is 4.72 Å². The molecule has 1 heterocycles. The number of nitrogens with zero attached hydrogens (tertiary/aromatic N) is 1. The Labute approximate surface area is 103 Å². The van der Waals surface area contributed by atoms with Crippen molar-refractivity contribution in [1.82, 2.24) is 9.62 Å². The van der Waals surface area contributed by atoms with Crippen molar-refractivity contribution in [2.75, 3.05) is 46.7 Å². The van der Waals surface area contributed by atoms with Crippen molar-refractivity contribution in [2.24, 2.45) is 0 Å². The Morgan fingerprint density at radius 1 is 1.41 bits per heavy atom. The molecule has 1 aliphatic heterocycles. The number of nitrogens with one attached hydrogen (secondary N) is 1. The van der Waals surface area contributed by atoms with Crippen LogP contribution in [-0.2, 0) is 19.5 Å². The molecule has 0 spiro atoms. The largest absolute Gasteiger partial charge is 0.383 e. The Hall–Kier alpha value is -0.210. The van der Waals surface area contributed by atoms with Crippen LogP contribution in [-0.4, -0.2) is 72.2 Å². The van der Waals surface area contributed by atoms with Crippen LogP contribution in [0, 0.1) is 0 Å². The van der Waals surface area contributed by atoms with Gasteiger partial charge in [0.15, 0.2) is 0 Å². The lowest BCUT2D eigenvalue weighted by molar-refractivity contribution is 0.108. The number of ether oxygens (including phenoxy) is 2. The fourth-order valence-electron chi connectivity index (χ4n) is 2.12. The minimum absolute atomic E-state index is 0.216. The number of hydrogen-bond acceptors (Lipinski definition) is 5. The Balaban J connectivity index is 2.39. The van der Waals surface area contributed by atoms with Crippen LogP contribution in [0.25, 0.3) is 0 Å². The van der Waals surface area contributed by atoms with Gasteiger partial charge < -0.3 is 9.47 Å². The summed E-state index contributed by atoms with van der Waals surface area (Å²) in [5.74, 6) is 0. The maximum absolute atomic E-state index is 11.0. The highest BCUT2D eigenvalue weighted by atomic mass is 32.2. The van der Waals surface area contributed by atoms with Crippen LogP contribution in [0.2, 0.25) is 0 Å². The summed E-state index contributed by atoms with van der Waals surface area (Å²) in [6.07, 6.45) is 2.32. The van der Waals surface area contributed by atoms with Crippen molar-refractivity contribution in [3.8, 4) is 0 Å². The van der Waals surface area contributed by atoms with E-state index in [-0.39, 0.29) is 6.10 Å². The van der Waals surface area contributed by atoms with Crippen molar-refractivity contribution in [3.05, 3.63) is 0 Å². The Morgan fingerprint density at radius 3 is 2.65 bits per heavy atom. The van der Waals surface area contributed by atoms with E-state index < -0.39 is 10.0 Å². The summed E-state index contributed by atoms with van der Waals surface area (Å²) < 4.78 is 34.9. The molecular weight excluding hydrogens is 244 g/mol. The number of methoxy groups -OCH3 is 2. The van der Waals surface area contributed by atoms with Crippen molar-refractivity contribution in [3.63, 3.8) is 0 Å². The molecule has 0 aromatic rings. The zero-order valence-corrected chi connectivity index (χ0v) is 11.5. The first-order valence-electron chi connectivity index (χ1n) is 5.66. The third kappa shape index (κ3) is 5.31. The molecule has 0 aromatic carbocycles. The van der Waals surface area contributed by atoms with Gasteiger partial charge in [0, 0.05) is 39.9 Å². The summed E-state index contributed by atoms with van der Waals surface area (Å²) in [4.78, 5) is 2.20. The lowest BCUT2D eigenvalue weighted by Crippen LogP contribution is -2.39. The molecule has 0 unspecified atom stereocenters. The topological polar surface area (TPSA) is 67.9 Å². The molecule has 102 valence electrons. The number of sulfonamides is 1. The van der Waals surface area contributed by atoms with Crippen LogP contribution >= 0.6 is 0 Å². The van der Waals surface area contributed by atoms with Crippen molar-refractivity contribution in [2.45, 2.75) is 18.6 Å². The van der Waals surface area contributed by atoms with E-state index in [1.807, 2.05) is 0 Å². The maximum atomic E-state index is 11.0. The molecule has 0 aliphatic carbocycles. The SMILES string of the molecule is COC[C@@H]1C[C@H](OC)CN1CCNS(C)(=O)=O. The molecule has 0 bridgehead atoms. The first-order valence-corrected chi connectivity index (χ1v) is 7.56. The molecule has 2 atom stereocenters. The molecule has 17 heavy (non-hydrogen) atoms. The van der Waals surface area contributed by atoms with Gasteiger partial charge in [0.05, 0.1) is 19.0 Å². The average Bonchev–Trinajstić information content (AvgIpc) is 2.60. The van der Waals surface area contributed by atoms with Crippen molar-refractivity contribution in [1.29, 1.82) is 0 Å². The van der Waals surface area contributed by atoms with Gasteiger partial charge in [0.1, 0.15) is 0 Å². The Morgan fingerprint density at radius 2 is 2.12 bits per heavy atom. The number of rotatable bonds is 7. The zero-order chi connectivity index (χ0) is 12.9. The highest BCUT2D eigenvalue weighted by molar-refractivity contribution is 7.88. The normalized spacial score (nSPS) is 26.5. The second-order valence-corrected chi connectivity index (χ2v) is 6.20. The lowest BCUT2D eigenvalue weighted by atomic mass is 10.2. The first kappa shape index (κ1) is 14.8. The molecule has 1 rings (SSSR count). The van der Waals surface area contributed by atoms with Crippen LogP contribution in [0.5, 0.6) is 0 Å². The maximum Gasteiger partial charge on any atom is 0.208 e. The highest BCUT2D eigenvalue weighted by Gasteiger charge is 2.31. The van der Waals surface area contributed by atoms with Gasteiger partial charge in [-0.05, 0) is 6.42 Å². The van der Waals surface area contributed by atoms with E-state index in [4.69, 9.17) is 9.47 Å². The average molecular weight is 266 g/mol. The minimum atomic E-state index is -3.10. The fraction of sp³-hybridized carbons (Fsp3) is 1.00. The summed E-state index contributed by atoms with van der Waals surface area (Å²) >= 11 is 0. The lowest BCUT2D eigenvalue weighted by Gasteiger charge is -2.23. The summed E-state index contributed by atoms with van der Waals surface area (Å²) in [6, 6.07) is 0.311. The fourth-order valence-corrected chi connectivity index (χ4v) is 2.58.